The number of hydrogen-bond acceptors (Lipinski definition) is 5. The van der Waals surface area contributed by atoms with Crippen molar-refractivity contribution in [3.63, 3.8) is 0 Å². The van der Waals surface area contributed by atoms with Gasteiger partial charge in [-0.25, -0.2) is 0 Å². The van der Waals surface area contributed by atoms with Crippen molar-refractivity contribution in [3.8, 4) is 0 Å². The first-order chi connectivity index (χ1) is 21.4. The zero-order valence-electron chi connectivity index (χ0n) is 30.1. The van der Waals surface area contributed by atoms with Gasteiger partial charge in [0.15, 0.2) is 0 Å². The van der Waals surface area contributed by atoms with E-state index in [0.717, 1.165) is 12.6 Å². The predicted octanol–water partition coefficient (Wildman–Crippen LogP) is 9.47. The summed E-state index contributed by atoms with van der Waals surface area (Å²) >= 11 is 0. The third-order valence-corrected chi connectivity index (χ3v) is 11.8. The number of hydrogen-bond donors (Lipinski definition) is 0. The van der Waals surface area contributed by atoms with Gasteiger partial charge < -0.3 is 0 Å². The average molecular weight is 616 g/mol. The minimum Gasteiger partial charge on any atom is -0.295 e. The van der Waals surface area contributed by atoms with Crippen molar-refractivity contribution in [2.75, 3.05) is 19.6 Å². The Labute approximate surface area is 276 Å². The Hall–Kier alpha value is -1.82. The summed E-state index contributed by atoms with van der Waals surface area (Å²) in [5, 5.41) is 0. The van der Waals surface area contributed by atoms with Crippen LogP contribution in [0.25, 0.3) is 0 Å². The number of piperidine rings is 3. The highest BCUT2D eigenvalue weighted by molar-refractivity contribution is 5.21. The van der Waals surface area contributed by atoms with Crippen molar-refractivity contribution in [2.45, 2.75) is 161 Å². The lowest BCUT2D eigenvalue weighted by Crippen LogP contribution is -2.57. The van der Waals surface area contributed by atoms with Crippen LogP contribution in [-0.4, -0.2) is 67.0 Å². The highest BCUT2D eigenvalue weighted by Gasteiger charge is 2.47. The smallest absolute Gasteiger partial charge is 0.0397 e. The second-order valence-electron chi connectivity index (χ2n) is 17.0. The van der Waals surface area contributed by atoms with Crippen LogP contribution in [-0.2, 0) is 0 Å². The van der Waals surface area contributed by atoms with Gasteiger partial charge in [-0.1, -0.05) is 25.8 Å². The van der Waals surface area contributed by atoms with E-state index in [4.69, 9.17) is 0 Å². The molecule has 0 amide bonds. The van der Waals surface area contributed by atoms with E-state index in [1.165, 1.54) is 94.8 Å². The molecule has 5 heteroatoms. The van der Waals surface area contributed by atoms with Crippen LogP contribution in [0.15, 0.2) is 49.1 Å². The van der Waals surface area contributed by atoms with Gasteiger partial charge in [-0.3, -0.25) is 24.7 Å². The third kappa shape index (κ3) is 8.01. The molecular formula is C40H65N5. The molecule has 250 valence electrons. The summed E-state index contributed by atoms with van der Waals surface area (Å²) in [4.78, 5) is 17.7. The monoisotopic (exact) mass is 616 g/mol. The molecule has 5 nitrogen and oxygen atoms in total. The maximum Gasteiger partial charge on any atom is 0.0397 e. The lowest BCUT2D eigenvalue weighted by Gasteiger charge is -2.55. The fraction of sp³-hybridized carbons (Fsp3) is 0.750. The van der Waals surface area contributed by atoms with Gasteiger partial charge in [0, 0.05) is 59.5 Å². The topological polar surface area (TPSA) is 35.5 Å². The Balaban J connectivity index is 1.44. The van der Waals surface area contributed by atoms with Gasteiger partial charge in [0.2, 0.25) is 0 Å². The Morgan fingerprint density at radius 1 is 0.644 bits per heavy atom. The van der Waals surface area contributed by atoms with Crippen LogP contribution in [0.4, 0.5) is 0 Å². The largest absolute Gasteiger partial charge is 0.295 e. The number of rotatable bonds is 10. The molecule has 3 fully saturated rings. The van der Waals surface area contributed by atoms with E-state index in [9.17, 15) is 0 Å². The minimum absolute atomic E-state index is 0.0681. The molecule has 0 radical (unpaired) electrons. The van der Waals surface area contributed by atoms with Crippen molar-refractivity contribution in [1.82, 2.24) is 24.7 Å². The zero-order chi connectivity index (χ0) is 32.2. The highest BCUT2D eigenvalue weighted by atomic mass is 15.3. The molecule has 2 aromatic rings. The molecule has 0 aliphatic carbocycles. The number of nitrogens with zero attached hydrogens (tertiary/aromatic N) is 5. The van der Waals surface area contributed by atoms with Gasteiger partial charge in [0.25, 0.3) is 0 Å². The third-order valence-electron chi connectivity index (χ3n) is 11.8. The summed E-state index contributed by atoms with van der Waals surface area (Å²) in [6.45, 7) is 23.4. The normalized spacial score (nSPS) is 28.3. The molecule has 45 heavy (non-hydrogen) atoms. The van der Waals surface area contributed by atoms with Gasteiger partial charge >= 0.3 is 0 Å². The molecule has 5 rings (SSSR count). The van der Waals surface area contributed by atoms with Crippen molar-refractivity contribution >= 4 is 0 Å². The SMILES string of the molecule is CCC[C@H]1CCCCN1C(C)(C)CC1CCCN(C(C)(C)CC2CCCN(C(C)(C)C)[C@@H]2c2cccnc2)C1c1ccncc1. The maximum absolute atomic E-state index is 4.60. The molecule has 0 N–H and O–H groups in total. The number of aromatic nitrogens is 2. The Morgan fingerprint density at radius 2 is 1.24 bits per heavy atom. The Bertz CT molecular complexity index is 1170. The molecule has 3 saturated heterocycles. The van der Waals surface area contributed by atoms with E-state index >= 15 is 0 Å². The van der Waals surface area contributed by atoms with E-state index < -0.39 is 0 Å². The molecule has 2 aromatic heterocycles. The molecule has 0 bridgehead atoms. The lowest BCUT2D eigenvalue weighted by molar-refractivity contribution is -0.0543. The first-order valence-corrected chi connectivity index (χ1v) is 18.5. The van der Waals surface area contributed by atoms with E-state index in [-0.39, 0.29) is 16.6 Å². The van der Waals surface area contributed by atoms with E-state index in [0.29, 0.717) is 23.9 Å². The average Bonchev–Trinajstić information content (AvgIpc) is 3.01. The fourth-order valence-electron chi connectivity index (χ4n) is 9.97. The zero-order valence-corrected chi connectivity index (χ0v) is 30.1. The van der Waals surface area contributed by atoms with E-state index in [1.807, 2.05) is 18.6 Å². The number of pyridine rings is 2. The highest BCUT2D eigenvalue weighted by Crippen LogP contribution is 2.49. The molecular weight excluding hydrogens is 550 g/mol. The lowest BCUT2D eigenvalue weighted by atomic mass is 9.72. The van der Waals surface area contributed by atoms with Crippen LogP contribution in [0.3, 0.4) is 0 Å². The fourth-order valence-corrected chi connectivity index (χ4v) is 9.97. The van der Waals surface area contributed by atoms with Crippen LogP contribution in [0.5, 0.6) is 0 Å². The van der Waals surface area contributed by atoms with Gasteiger partial charge in [0.05, 0.1) is 0 Å². The molecule has 0 aromatic carbocycles. The van der Waals surface area contributed by atoms with Gasteiger partial charge in [-0.2, -0.15) is 0 Å². The van der Waals surface area contributed by atoms with Crippen LogP contribution in [0.1, 0.15) is 149 Å². The maximum atomic E-state index is 4.60. The van der Waals surface area contributed by atoms with Gasteiger partial charge in [-0.15, -0.1) is 0 Å². The quantitative estimate of drug-likeness (QED) is 0.266. The van der Waals surface area contributed by atoms with Crippen LogP contribution in [0, 0.1) is 11.8 Å². The van der Waals surface area contributed by atoms with Crippen molar-refractivity contribution < 1.29 is 0 Å². The first-order valence-electron chi connectivity index (χ1n) is 18.5. The van der Waals surface area contributed by atoms with Crippen molar-refractivity contribution in [3.05, 3.63) is 60.2 Å². The van der Waals surface area contributed by atoms with Crippen molar-refractivity contribution in [2.24, 2.45) is 11.8 Å². The molecule has 3 aliphatic rings. The van der Waals surface area contributed by atoms with Crippen LogP contribution in [0.2, 0.25) is 0 Å². The standard InChI is InChI=1S/C40H65N5/c1-9-15-35-19-10-11-25-43(35)39(5,6)28-32-18-14-27-45(36(32)31-20-23-41-24-21-31)40(7,8)29-33-17-13-26-44(38(2,3)4)37(33)34-16-12-22-42-30-34/h12,16,20-24,30,32-33,35-37H,9-11,13-15,17-19,25-29H2,1-8H3/t32?,33?,35-,36?,37-/m0/s1. The molecule has 5 heterocycles. The Kier molecular flexibility index (Phi) is 11.1. The van der Waals surface area contributed by atoms with Crippen LogP contribution < -0.4 is 0 Å². The summed E-state index contributed by atoms with van der Waals surface area (Å²) in [6.07, 6.45) is 22.5. The molecule has 0 saturated carbocycles. The Morgan fingerprint density at radius 3 is 1.84 bits per heavy atom. The first kappa shape index (κ1) is 34.5. The van der Waals surface area contributed by atoms with Gasteiger partial charge in [0.1, 0.15) is 0 Å². The minimum atomic E-state index is 0.0681. The van der Waals surface area contributed by atoms with E-state index in [1.54, 1.807) is 0 Å². The molecule has 0 spiro atoms. The second kappa shape index (κ2) is 14.5. The van der Waals surface area contributed by atoms with E-state index in [2.05, 4.69) is 111 Å². The molecule has 3 unspecified atom stereocenters. The summed E-state index contributed by atoms with van der Waals surface area (Å²) in [6, 6.07) is 10.7. The summed E-state index contributed by atoms with van der Waals surface area (Å²) in [5.74, 6) is 1.22. The summed E-state index contributed by atoms with van der Waals surface area (Å²) < 4.78 is 0. The van der Waals surface area contributed by atoms with Crippen LogP contribution >= 0.6 is 0 Å². The second-order valence-corrected chi connectivity index (χ2v) is 17.0. The predicted molar refractivity (Wildman–Crippen MR) is 189 cm³/mol. The summed E-state index contributed by atoms with van der Waals surface area (Å²) in [5.41, 5.74) is 3.24. The number of likely N-dealkylation sites (tertiary alicyclic amines) is 3. The van der Waals surface area contributed by atoms with Gasteiger partial charge in [-0.05, 0) is 167 Å². The molecule has 5 atom stereocenters. The summed E-state index contributed by atoms with van der Waals surface area (Å²) in [7, 11) is 0. The molecule has 3 aliphatic heterocycles. The van der Waals surface area contributed by atoms with Crippen molar-refractivity contribution in [1.29, 1.82) is 0 Å².